The fourth-order valence-electron chi connectivity index (χ4n) is 1.88. The van der Waals surface area contributed by atoms with Crippen LogP contribution in [0.15, 0.2) is 18.2 Å². The fourth-order valence-corrected chi connectivity index (χ4v) is 2.08. The van der Waals surface area contributed by atoms with E-state index < -0.39 is 4.92 Å². The maximum atomic E-state index is 12.5. The van der Waals surface area contributed by atoms with Crippen LogP contribution in [0.2, 0.25) is 5.02 Å². The van der Waals surface area contributed by atoms with E-state index in [2.05, 4.69) is 0 Å². The van der Waals surface area contributed by atoms with Crippen molar-refractivity contribution in [1.29, 1.82) is 0 Å². The lowest BCUT2D eigenvalue weighted by Crippen LogP contribution is -2.36. The second-order valence-electron chi connectivity index (χ2n) is 5.06. The van der Waals surface area contributed by atoms with Crippen molar-refractivity contribution >= 4 is 23.2 Å². The Balaban J connectivity index is 3.06. The van der Waals surface area contributed by atoms with Gasteiger partial charge in [-0.25, -0.2) is 0 Å². The molecule has 0 aromatic heterocycles. The van der Waals surface area contributed by atoms with Crippen molar-refractivity contribution in [2.24, 2.45) is 5.92 Å². The molecule has 6 nitrogen and oxygen atoms in total. The van der Waals surface area contributed by atoms with E-state index in [1.165, 1.54) is 18.2 Å². The Hall–Kier alpha value is -1.66. The van der Waals surface area contributed by atoms with Crippen LogP contribution in [0.1, 0.15) is 24.2 Å². The van der Waals surface area contributed by atoms with Gasteiger partial charge in [0.05, 0.1) is 22.1 Å². The highest BCUT2D eigenvalue weighted by molar-refractivity contribution is 6.33. The van der Waals surface area contributed by atoms with E-state index >= 15 is 0 Å². The zero-order valence-electron chi connectivity index (χ0n) is 12.3. The summed E-state index contributed by atoms with van der Waals surface area (Å²) in [6, 6.07) is 3.86. The van der Waals surface area contributed by atoms with Crippen LogP contribution >= 0.6 is 11.6 Å². The van der Waals surface area contributed by atoms with Crippen molar-refractivity contribution in [2.45, 2.75) is 13.8 Å². The average Bonchev–Trinajstić information content (AvgIpc) is 2.42. The molecule has 0 bridgehead atoms. The van der Waals surface area contributed by atoms with E-state index in [1.54, 1.807) is 12.0 Å². The highest BCUT2D eigenvalue weighted by Gasteiger charge is 2.21. The zero-order chi connectivity index (χ0) is 16.0. The lowest BCUT2D eigenvalue weighted by atomic mass is 10.1. The molecule has 0 saturated heterocycles. The summed E-state index contributed by atoms with van der Waals surface area (Å²) in [7, 11) is 1.55. The zero-order valence-corrected chi connectivity index (χ0v) is 13.1. The molecule has 0 spiro atoms. The molecule has 7 heteroatoms. The van der Waals surface area contributed by atoms with E-state index in [1.807, 2.05) is 13.8 Å². The Bertz CT molecular complexity index is 520. The number of rotatable bonds is 7. The first-order valence-corrected chi connectivity index (χ1v) is 6.96. The van der Waals surface area contributed by atoms with Gasteiger partial charge in [-0.1, -0.05) is 25.4 Å². The Labute approximate surface area is 128 Å². The van der Waals surface area contributed by atoms with Crippen LogP contribution in [0.5, 0.6) is 0 Å². The first-order chi connectivity index (χ1) is 9.86. The van der Waals surface area contributed by atoms with Gasteiger partial charge in [-0.15, -0.1) is 0 Å². The summed E-state index contributed by atoms with van der Waals surface area (Å²) in [6.45, 7) is 5.31. The summed E-state index contributed by atoms with van der Waals surface area (Å²) in [5.74, 6) is -0.0577. The molecule has 1 amide bonds. The normalized spacial score (nSPS) is 10.7. The van der Waals surface area contributed by atoms with Crippen molar-refractivity contribution < 1.29 is 14.5 Å². The predicted octanol–water partition coefficient (Wildman–Crippen LogP) is 2.99. The van der Waals surface area contributed by atoms with Gasteiger partial charge in [0.15, 0.2) is 0 Å². The standard InChI is InChI=1S/C14H19ClN2O4/c1-10(2)9-16(6-7-21-3)14(18)12-8-11(17(19)20)4-5-13(12)15/h4-5,8,10H,6-7,9H2,1-3H3. The second kappa shape index (κ2) is 7.95. The first-order valence-electron chi connectivity index (χ1n) is 6.59. The minimum absolute atomic E-state index is 0.141. The largest absolute Gasteiger partial charge is 0.383 e. The van der Waals surface area contributed by atoms with Crippen molar-refractivity contribution in [3.05, 3.63) is 38.9 Å². The van der Waals surface area contributed by atoms with Crippen LogP contribution in [0, 0.1) is 16.0 Å². The molecule has 0 saturated carbocycles. The number of non-ortho nitro benzene ring substituents is 1. The Kier molecular flexibility index (Phi) is 6.58. The molecule has 0 heterocycles. The number of ether oxygens (including phenoxy) is 1. The first kappa shape index (κ1) is 17.4. The number of hydrogen-bond donors (Lipinski definition) is 0. The number of nitro groups is 1. The molecule has 21 heavy (non-hydrogen) atoms. The summed E-state index contributed by atoms with van der Waals surface area (Å²) in [5.41, 5.74) is -0.0124. The molecular formula is C14H19ClN2O4. The topological polar surface area (TPSA) is 72.7 Å². The summed E-state index contributed by atoms with van der Waals surface area (Å²) in [4.78, 5) is 24.4. The molecule has 0 radical (unpaired) electrons. The Morgan fingerprint density at radius 3 is 2.67 bits per heavy atom. The Morgan fingerprint density at radius 2 is 2.14 bits per heavy atom. The number of carbonyl (C=O) groups is 1. The third kappa shape index (κ3) is 4.99. The van der Waals surface area contributed by atoms with Crippen molar-refractivity contribution in [3.63, 3.8) is 0 Å². The molecule has 1 aromatic rings. The van der Waals surface area contributed by atoms with Gasteiger partial charge >= 0.3 is 0 Å². The van der Waals surface area contributed by atoms with Gasteiger partial charge in [0.1, 0.15) is 0 Å². The maximum Gasteiger partial charge on any atom is 0.270 e. The lowest BCUT2D eigenvalue weighted by molar-refractivity contribution is -0.384. The number of methoxy groups -OCH3 is 1. The van der Waals surface area contributed by atoms with Gasteiger partial charge in [-0.05, 0) is 12.0 Å². The second-order valence-corrected chi connectivity index (χ2v) is 5.47. The molecule has 0 aliphatic heterocycles. The number of hydrogen-bond acceptors (Lipinski definition) is 4. The van der Waals surface area contributed by atoms with Crippen molar-refractivity contribution in [2.75, 3.05) is 26.8 Å². The third-order valence-electron chi connectivity index (χ3n) is 2.83. The summed E-state index contributed by atoms with van der Waals surface area (Å²) < 4.78 is 5.00. The molecular weight excluding hydrogens is 296 g/mol. The molecule has 0 fully saturated rings. The van der Waals surface area contributed by atoms with Gasteiger partial charge in [-0.2, -0.15) is 0 Å². The average molecular weight is 315 g/mol. The molecule has 116 valence electrons. The van der Waals surface area contributed by atoms with Gasteiger partial charge in [-0.3, -0.25) is 14.9 Å². The minimum atomic E-state index is -0.547. The quantitative estimate of drug-likeness (QED) is 0.573. The highest BCUT2D eigenvalue weighted by atomic mass is 35.5. The number of nitro benzene ring substituents is 1. The maximum absolute atomic E-state index is 12.5. The monoisotopic (exact) mass is 314 g/mol. The number of amides is 1. The smallest absolute Gasteiger partial charge is 0.270 e. The summed E-state index contributed by atoms with van der Waals surface area (Å²) in [6.07, 6.45) is 0. The summed E-state index contributed by atoms with van der Waals surface area (Å²) >= 11 is 6.01. The van der Waals surface area contributed by atoms with E-state index in [0.29, 0.717) is 19.7 Å². The fraction of sp³-hybridized carbons (Fsp3) is 0.500. The van der Waals surface area contributed by atoms with Gasteiger partial charge in [0.2, 0.25) is 0 Å². The molecule has 1 aromatic carbocycles. The van der Waals surface area contributed by atoms with Crippen LogP contribution in [0.4, 0.5) is 5.69 Å². The SMILES string of the molecule is COCCN(CC(C)C)C(=O)c1cc([N+](=O)[O-])ccc1Cl. The number of nitrogens with zero attached hydrogens (tertiary/aromatic N) is 2. The number of carbonyl (C=O) groups excluding carboxylic acids is 1. The minimum Gasteiger partial charge on any atom is -0.383 e. The van der Waals surface area contributed by atoms with Crippen molar-refractivity contribution in [3.8, 4) is 0 Å². The highest BCUT2D eigenvalue weighted by Crippen LogP contribution is 2.23. The van der Waals surface area contributed by atoms with E-state index in [0.717, 1.165) is 0 Å². The van der Waals surface area contributed by atoms with Crippen LogP contribution in [0.25, 0.3) is 0 Å². The molecule has 0 N–H and O–H groups in total. The molecule has 1 rings (SSSR count). The van der Waals surface area contributed by atoms with Crippen LogP contribution in [0.3, 0.4) is 0 Å². The molecule has 0 unspecified atom stereocenters. The number of halogens is 1. The van der Waals surface area contributed by atoms with Gasteiger partial charge < -0.3 is 9.64 Å². The predicted molar refractivity (Wildman–Crippen MR) is 80.7 cm³/mol. The third-order valence-corrected chi connectivity index (χ3v) is 3.16. The van der Waals surface area contributed by atoms with Crippen LogP contribution in [-0.4, -0.2) is 42.5 Å². The molecule has 0 atom stereocenters. The Morgan fingerprint density at radius 1 is 1.48 bits per heavy atom. The van der Waals surface area contributed by atoms with E-state index in [9.17, 15) is 14.9 Å². The van der Waals surface area contributed by atoms with Crippen LogP contribution in [-0.2, 0) is 4.74 Å². The lowest BCUT2D eigenvalue weighted by Gasteiger charge is -2.24. The molecule has 0 aliphatic carbocycles. The van der Waals surface area contributed by atoms with Gasteiger partial charge in [0, 0.05) is 32.3 Å². The van der Waals surface area contributed by atoms with E-state index in [-0.39, 0.29) is 28.1 Å². The van der Waals surface area contributed by atoms with E-state index in [4.69, 9.17) is 16.3 Å². The number of benzene rings is 1. The van der Waals surface area contributed by atoms with Gasteiger partial charge in [0.25, 0.3) is 11.6 Å². The molecule has 0 aliphatic rings. The van der Waals surface area contributed by atoms with Crippen molar-refractivity contribution in [1.82, 2.24) is 4.90 Å². The van der Waals surface area contributed by atoms with Crippen LogP contribution < -0.4 is 0 Å². The summed E-state index contributed by atoms with van der Waals surface area (Å²) in [5, 5.41) is 11.0.